The lowest BCUT2D eigenvalue weighted by Crippen LogP contribution is -2.35. The lowest BCUT2D eigenvalue weighted by Gasteiger charge is -2.42. The third-order valence-corrected chi connectivity index (χ3v) is 30.2. The number of thioether (sulfide) groups is 4. The van der Waals surface area contributed by atoms with Gasteiger partial charge >= 0.3 is 6.36 Å². The maximum atomic E-state index is 13.2. The smallest absolute Gasteiger partial charge is 0.496 e. The number of anilines is 1. The fraction of sp³-hybridized carbons (Fsp3) is 0.431. The molecule has 4 saturated heterocycles. The molecular formula is C102H116F3N5O13S4. The van der Waals surface area contributed by atoms with Crippen molar-refractivity contribution in [3.63, 3.8) is 0 Å². The summed E-state index contributed by atoms with van der Waals surface area (Å²) >= 11 is 3.93. The number of hydrogen-bond acceptors (Lipinski definition) is 18. The van der Waals surface area contributed by atoms with Crippen LogP contribution in [-0.4, -0.2) is 108 Å². The molecule has 8 amide bonds. The molecular weight excluding hydrogens is 1690 g/mol. The van der Waals surface area contributed by atoms with Crippen LogP contribution in [0.1, 0.15) is 220 Å². The lowest BCUT2D eigenvalue weighted by molar-refractivity contribution is -0.274. The molecule has 8 aromatic rings. The zero-order valence-electron chi connectivity index (χ0n) is 76.4. The van der Waals surface area contributed by atoms with Crippen LogP contribution in [-0.2, 0) is 77.4 Å². The van der Waals surface area contributed by atoms with Gasteiger partial charge in [-0.05, 0) is 329 Å². The van der Waals surface area contributed by atoms with E-state index in [1.165, 1.54) is 68.7 Å². The maximum Gasteiger partial charge on any atom is 0.573 e. The van der Waals surface area contributed by atoms with Crippen LogP contribution >= 0.6 is 47.0 Å². The molecule has 3 atom stereocenters. The number of carbonyl (C=O) groups is 8. The molecule has 0 spiro atoms. The molecule has 3 aliphatic carbocycles. The number of carbonyl (C=O) groups excluding carboxylic acids is 8. The van der Waals surface area contributed by atoms with E-state index in [9.17, 15) is 51.5 Å². The summed E-state index contributed by atoms with van der Waals surface area (Å²) in [6.45, 7) is 39.1. The molecule has 8 aromatic carbocycles. The summed E-state index contributed by atoms with van der Waals surface area (Å²) in [4.78, 5) is 97.1. The lowest BCUT2D eigenvalue weighted by atomic mass is 9.62. The first-order valence-electron chi connectivity index (χ1n) is 43.3. The van der Waals surface area contributed by atoms with Crippen molar-refractivity contribution in [2.45, 2.75) is 249 Å². The number of nitrogens with zero attached hydrogens (tertiary/aromatic N) is 1. The van der Waals surface area contributed by atoms with Crippen LogP contribution in [0.5, 0.6) is 28.7 Å². The van der Waals surface area contributed by atoms with Crippen molar-refractivity contribution in [3.05, 3.63) is 204 Å². The van der Waals surface area contributed by atoms with Crippen molar-refractivity contribution in [2.75, 3.05) is 39.9 Å². The van der Waals surface area contributed by atoms with Gasteiger partial charge in [-0.2, -0.15) is 0 Å². The zero-order valence-corrected chi connectivity index (χ0v) is 79.7. The number of amides is 8. The first kappa shape index (κ1) is 94.7. The van der Waals surface area contributed by atoms with Gasteiger partial charge in [0.15, 0.2) is 11.5 Å². The van der Waals surface area contributed by atoms with E-state index in [0.29, 0.717) is 52.0 Å². The van der Waals surface area contributed by atoms with Gasteiger partial charge in [-0.15, -0.1) is 13.2 Å². The molecule has 16 rings (SSSR count). The number of nitrogens with one attached hydrogen (secondary N) is 4. The highest BCUT2D eigenvalue weighted by atomic mass is 32.2. The number of imide groups is 4. The molecule has 0 bridgehead atoms. The monoisotopic (exact) mass is 1800 g/mol. The average molecular weight is 1810 g/mol. The fourth-order valence-electron chi connectivity index (χ4n) is 18.8. The molecule has 25 heteroatoms. The second-order valence-electron chi connectivity index (χ2n) is 38.5. The highest BCUT2D eigenvalue weighted by Gasteiger charge is 2.44. The van der Waals surface area contributed by atoms with E-state index in [0.717, 1.165) is 171 Å². The summed E-state index contributed by atoms with van der Waals surface area (Å²) in [6.07, 6.45) is 6.97. The summed E-state index contributed by atoms with van der Waals surface area (Å²) in [5.41, 5.74) is 25.0. The third kappa shape index (κ3) is 20.7. The molecule has 127 heavy (non-hydrogen) atoms. The molecule has 4 N–H and O–H groups in total. The molecule has 5 aliphatic heterocycles. The number of alkyl halides is 3. The summed E-state index contributed by atoms with van der Waals surface area (Å²) in [5, 5.41) is 6.56. The van der Waals surface area contributed by atoms with Gasteiger partial charge in [-0.1, -0.05) is 167 Å². The van der Waals surface area contributed by atoms with E-state index in [1.54, 1.807) is 40.6 Å². The van der Waals surface area contributed by atoms with Gasteiger partial charge in [-0.3, -0.25) is 59.6 Å². The number of hydrogen-bond donors (Lipinski definition) is 4. The largest absolute Gasteiger partial charge is 0.573 e. The molecule has 0 radical (unpaired) electrons. The van der Waals surface area contributed by atoms with E-state index in [1.807, 2.05) is 49.4 Å². The minimum absolute atomic E-state index is 0.0269. The number of fused-ring (bicyclic) bond motifs is 4. The second-order valence-corrected chi connectivity index (χ2v) is 43.1. The predicted octanol–water partition coefficient (Wildman–Crippen LogP) is 23.5. The SMILES string of the molecule is COc1cc(CC2SC(=O)NC2=O)cc(-c2cc3c(cc2C)C(C)(C)CCC3(C)C)c1OC.COc1ccc(/C=C2\SC(=O)NC2=O)cc1-c1cc2c(cc1C)N(C(C)C)CCC2.COc1ccc(CC2SC(=O)NC2=O)cc1-c1ccc2c(c1)C(C)(C)CCC2(C)C.Cc1cc2c(cc1-c1cc(CC3SC(=O)NC3=O)ccc1OC(F)(F)F)C(C)(C)CCC2(C)C. The molecule has 4 fully saturated rings. The van der Waals surface area contributed by atoms with E-state index in [-0.39, 0.29) is 89.3 Å². The van der Waals surface area contributed by atoms with Crippen LogP contribution in [0.15, 0.2) is 126 Å². The zero-order chi connectivity index (χ0) is 92.3. The molecule has 18 nitrogen and oxygen atoms in total. The van der Waals surface area contributed by atoms with Crippen molar-refractivity contribution in [1.82, 2.24) is 21.3 Å². The fourth-order valence-corrected chi connectivity index (χ4v) is 22.0. The Morgan fingerprint density at radius 2 is 0.843 bits per heavy atom. The van der Waals surface area contributed by atoms with Gasteiger partial charge in [-0.25, -0.2) is 0 Å². The first-order chi connectivity index (χ1) is 59.6. The standard InChI is InChI=1S/C27H33NO4S.C26H28F3NO3S.C25H29NO3S.C24H26N2O3S/c1-15-10-19-20(27(4,5)9-8-26(19,2)3)14-17(15)18-11-16(12-21(31-6)23(18)32-7)13-22-24(29)28-25(30)33-22;1-14-10-18-19(25(4,5)9-8-24(18,2)3)13-16(14)17-11-15(6-7-20(17)33-26(27,28)29)12-21-22(31)30-23(32)34-21;1-24(2)10-11-25(3,4)19-14-16(7-8-18(19)24)17-12-15(6-9-20(17)29-5)13-21-22(27)26-23(28)30-21;1-14(2)26-9-5-6-17-13-18(15(3)10-20(17)26)19-11-16(7-8-21(19)29-4)12-22-23(27)25-24(28)30-22/h10-12,14,22H,8-9,13H2,1-7H3,(H,28,29,30);6-7,10-11,13,21H,8-9,12H2,1-5H3,(H,30,31,32);6-9,12,14,21H,10-11,13H2,1-5H3,(H,26,27,28);7-8,10-14H,5-6,9H2,1-4H3,(H,25,27,28)/b;;;22-12-. The van der Waals surface area contributed by atoms with Gasteiger partial charge in [0.1, 0.15) is 17.2 Å². The van der Waals surface area contributed by atoms with Crippen LogP contribution in [0, 0.1) is 20.8 Å². The van der Waals surface area contributed by atoms with E-state index in [4.69, 9.17) is 18.9 Å². The summed E-state index contributed by atoms with van der Waals surface area (Å²) in [7, 11) is 6.63. The number of methoxy groups -OCH3 is 4. The Balaban J connectivity index is 0.000000145. The minimum atomic E-state index is -4.84. The van der Waals surface area contributed by atoms with Crippen molar-refractivity contribution in [1.29, 1.82) is 0 Å². The Morgan fingerprint density at radius 1 is 0.425 bits per heavy atom. The summed E-state index contributed by atoms with van der Waals surface area (Å²) in [6, 6.07) is 40.9. The third-order valence-electron chi connectivity index (χ3n) is 26.4. The Morgan fingerprint density at radius 3 is 1.30 bits per heavy atom. The average Bonchev–Trinajstić information content (AvgIpc) is 1.40. The van der Waals surface area contributed by atoms with Crippen molar-refractivity contribution in [2.24, 2.45) is 0 Å². The van der Waals surface area contributed by atoms with Gasteiger partial charge in [0, 0.05) is 40.5 Å². The van der Waals surface area contributed by atoms with Crippen LogP contribution in [0.4, 0.5) is 38.0 Å². The van der Waals surface area contributed by atoms with Gasteiger partial charge in [0.2, 0.25) is 17.7 Å². The molecule has 672 valence electrons. The quantitative estimate of drug-likeness (QED) is 0.0620. The number of rotatable bonds is 17. The van der Waals surface area contributed by atoms with Crippen LogP contribution < -0.4 is 49.9 Å². The Kier molecular flexibility index (Phi) is 27.5. The summed E-state index contributed by atoms with van der Waals surface area (Å²) < 4.78 is 66.9. The molecule has 3 unspecified atom stereocenters. The first-order valence-corrected chi connectivity index (χ1v) is 46.7. The molecule has 0 aromatic heterocycles. The number of aryl methyl sites for hydroxylation is 4. The maximum absolute atomic E-state index is 13.2. The van der Waals surface area contributed by atoms with Gasteiger partial charge in [0.05, 0.1) is 49.1 Å². The Labute approximate surface area is 761 Å². The predicted molar refractivity (Wildman–Crippen MR) is 506 cm³/mol. The topological polar surface area (TPSA) is 234 Å². The van der Waals surface area contributed by atoms with Crippen molar-refractivity contribution in [3.8, 4) is 73.3 Å². The van der Waals surface area contributed by atoms with E-state index in [2.05, 4.69) is 202 Å². The van der Waals surface area contributed by atoms with Gasteiger partial charge < -0.3 is 28.6 Å². The van der Waals surface area contributed by atoms with Crippen molar-refractivity contribution < 1.29 is 75.2 Å². The van der Waals surface area contributed by atoms with Crippen molar-refractivity contribution >= 4 is 103 Å². The summed E-state index contributed by atoms with van der Waals surface area (Å²) in [5.74, 6) is 1.43. The minimum Gasteiger partial charge on any atom is -0.496 e. The number of benzene rings is 8. The van der Waals surface area contributed by atoms with Crippen LogP contribution in [0.25, 0.3) is 50.6 Å². The molecule has 8 aliphatic rings. The van der Waals surface area contributed by atoms with Crippen LogP contribution in [0.3, 0.4) is 0 Å². The highest BCUT2D eigenvalue weighted by Crippen LogP contribution is 2.54. The number of ether oxygens (including phenoxy) is 5. The van der Waals surface area contributed by atoms with E-state index < -0.39 is 22.1 Å². The normalized spacial score (nSPS) is 20.4. The Bertz CT molecular complexity index is 5790. The van der Waals surface area contributed by atoms with Crippen LogP contribution in [0.2, 0.25) is 0 Å². The molecule has 0 saturated carbocycles. The highest BCUT2D eigenvalue weighted by molar-refractivity contribution is 8.18. The van der Waals surface area contributed by atoms with E-state index >= 15 is 0 Å². The second kappa shape index (κ2) is 36.9. The van der Waals surface area contributed by atoms with Gasteiger partial charge in [0.25, 0.3) is 26.9 Å². The number of halogens is 3. The Hall–Kier alpha value is -9.95. The molecule has 5 heterocycles.